The summed E-state index contributed by atoms with van der Waals surface area (Å²) in [7, 11) is 0. The Bertz CT molecular complexity index is 911. The van der Waals surface area contributed by atoms with Crippen LogP contribution in [0.2, 0.25) is 0 Å². The monoisotopic (exact) mass is 467 g/mol. The Hall–Kier alpha value is -3.35. The van der Waals surface area contributed by atoms with E-state index in [0.717, 1.165) is 25.7 Å². The van der Waals surface area contributed by atoms with Crippen LogP contribution in [0.5, 0.6) is 0 Å². The van der Waals surface area contributed by atoms with E-state index in [9.17, 15) is 10.2 Å². The number of aliphatic hydroxyl groups is 2. The summed E-state index contributed by atoms with van der Waals surface area (Å²) in [6.07, 6.45) is 18.8. The highest BCUT2D eigenvalue weighted by molar-refractivity contribution is 5.30. The van der Waals surface area contributed by atoms with Gasteiger partial charge in [0.2, 0.25) is 11.9 Å². The van der Waals surface area contributed by atoms with Crippen LogP contribution >= 0.6 is 0 Å². The first-order valence-electron chi connectivity index (χ1n) is 11.6. The van der Waals surface area contributed by atoms with Crippen LogP contribution in [0.3, 0.4) is 0 Å². The lowest BCUT2D eigenvalue weighted by Gasteiger charge is -2.23. The van der Waals surface area contributed by atoms with E-state index in [1.54, 1.807) is 19.9 Å². The standard InChI is InChI=1S/C27H41N5O2/c1-7-20(3)11-9-12-24(15-21(4)33)16-23(8-2)13-10-14-27(6,17-22(5)34)18-29-26-31-19-30-25(28)32-26/h8-10,12,14-15,17,19,23-24,33-34H,2-3,7,11,13,16,18H2,1,4-6H3,(H3,28,29,30,31,32)/b12-9-,14-10-,21-15+,22-17+. The number of allylic oxidation sites excluding steroid dienone is 8. The second-order valence-electron chi connectivity index (χ2n) is 8.89. The fraction of sp³-hybridized carbons (Fsp3) is 0.444. The lowest BCUT2D eigenvalue weighted by Crippen LogP contribution is -2.24. The van der Waals surface area contributed by atoms with Gasteiger partial charge in [-0.1, -0.05) is 56.4 Å². The topological polar surface area (TPSA) is 117 Å². The smallest absolute Gasteiger partial charge is 0.227 e. The molecule has 3 unspecified atom stereocenters. The molecule has 0 saturated carbocycles. The van der Waals surface area contributed by atoms with Crippen LogP contribution in [-0.2, 0) is 0 Å². The third-order valence-corrected chi connectivity index (χ3v) is 5.35. The van der Waals surface area contributed by atoms with Gasteiger partial charge in [0.05, 0.1) is 11.5 Å². The van der Waals surface area contributed by atoms with E-state index in [0.29, 0.717) is 18.3 Å². The summed E-state index contributed by atoms with van der Waals surface area (Å²) in [5, 5.41) is 22.9. The number of aliphatic hydroxyl groups excluding tert-OH is 2. The number of hydrogen-bond donors (Lipinski definition) is 4. The first-order valence-corrected chi connectivity index (χ1v) is 11.6. The zero-order valence-electron chi connectivity index (χ0n) is 21.0. The quantitative estimate of drug-likeness (QED) is 0.173. The van der Waals surface area contributed by atoms with Gasteiger partial charge in [0, 0.05) is 12.0 Å². The summed E-state index contributed by atoms with van der Waals surface area (Å²) in [5.74, 6) is 1.39. The van der Waals surface area contributed by atoms with E-state index in [-0.39, 0.29) is 23.5 Å². The van der Waals surface area contributed by atoms with E-state index in [4.69, 9.17) is 5.73 Å². The van der Waals surface area contributed by atoms with Crippen molar-refractivity contribution in [3.63, 3.8) is 0 Å². The van der Waals surface area contributed by atoms with Crippen molar-refractivity contribution >= 4 is 11.9 Å². The number of hydrogen-bond acceptors (Lipinski definition) is 7. The maximum atomic E-state index is 9.90. The highest BCUT2D eigenvalue weighted by Gasteiger charge is 2.19. The molecule has 186 valence electrons. The second kappa shape index (κ2) is 14.7. The van der Waals surface area contributed by atoms with Gasteiger partial charge in [-0.05, 0) is 63.5 Å². The molecule has 7 heteroatoms. The molecule has 0 saturated heterocycles. The summed E-state index contributed by atoms with van der Waals surface area (Å²) >= 11 is 0. The van der Waals surface area contributed by atoms with Crippen molar-refractivity contribution in [2.75, 3.05) is 17.6 Å². The lowest BCUT2D eigenvalue weighted by atomic mass is 9.86. The lowest BCUT2D eigenvalue weighted by molar-refractivity contribution is 0.398. The van der Waals surface area contributed by atoms with Gasteiger partial charge in [-0.25, -0.2) is 9.97 Å². The molecule has 0 amide bonds. The van der Waals surface area contributed by atoms with Gasteiger partial charge in [-0.15, -0.1) is 6.58 Å². The summed E-state index contributed by atoms with van der Waals surface area (Å²) in [6.45, 7) is 16.0. The van der Waals surface area contributed by atoms with Gasteiger partial charge in [0.25, 0.3) is 0 Å². The Kier molecular flexibility index (Phi) is 12.4. The molecule has 0 aliphatic carbocycles. The maximum absolute atomic E-state index is 9.90. The molecule has 1 heterocycles. The van der Waals surface area contributed by atoms with Gasteiger partial charge >= 0.3 is 0 Å². The van der Waals surface area contributed by atoms with Crippen LogP contribution < -0.4 is 11.1 Å². The van der Waals surface area contributed by atoms with E-state index in [1.807, 2.05) is 19.1 Å². The Morgan fingerprint density at radius 2 is 1.97 bits per heavy atom. The molecule has 1 aromatic heterocycles. The average molecular weight is 468 g/mol. The number of aromatic nitrogens is 3. The fourth-order valence-corrected chi connectivity index (χ4v) is 3.52. The van der Waals surface area contributed by atoms with E-state index in [2.05, 4.69) is 64.7 Å². The van der Waals surface area contributed by atoms with E-state index < -0.39 is 5.41 Å². The van der Waals surface area contributed by atoms with Crippen LogP contribution in [-0.4, -0.2) is 31.7 Å². The van der Waals surface area contributed by atoms with Gasteiger partial charge in [0.15, 0.2) is 0 Å². The molecule has 0 aliphatic heterocycles. The normalized spacial score (nSPS) is 16.4. The molecule has 0 fully saturated rings. The van der Waals surface area contributed by atoms with Crippen LogP contribution in [0.25, 0.3) is 0 Å². The molecule has 1 rings (SSSR count). The molecule has 0 spiro atoms. The van der Waals surface area contributed by atoms with Crippen molar-refractivity contribution in [3.8, 4) is 0 Å². The number of nitrogen functional groups attached to an aromatic ring is 1. The molecule has 0 bridgehead atoms. The third-order valence-electron chi connectivity index (χ3n) is 5.35. The Morgan fingerprint density at radius 3 is 2.56 bits per heavy atom. The molecule has 7 nitrogen and oxygen atoms in total. The minimum Gasteiger partial charge on any atom is -0.513 e. The highest BCUT2D eigenvalue weighted by Crippen LogP contribution is 2.26. The zero-order chi connectivity index (χ0) is 25.6. The Morgan fingerprint density at radius 1 is 1.24 bits per heavy atom. The van der Waals surface area contributed by atoms with Crippen molar-refractivity contribution in [2.45, 2.75) is 53.4 Å². The maximum Gasteiger partial charge on any atom is 0.227 e. The Balaban J connectivity index is 2.87. The SMILES string of the molecule is C=CC(C/C=C\C(C)(/C=C(\C)O)CNc1ncnc(N)n1)CC(/C=C\CC(=C)CC)/C=C(\C)O. The highest BCUT2D eigenvalue weighted by atomic mass is 16.3. The van der Waals surface area contributed by atoms with E-state index in [1.165, 1.54) is 11.9 Å². The van der Waals surface area contributed by atoms with Crippen molar-refractivity contribution in [1.29, 1.82) is 0 Å². The largest absolute Gasteiger partial charge is 0.513 e. The fourth-order valence-electron chi connectivity index (χ4n) is 3.52. The number of nitrogens with one attached hydrogen (secondary N) is 1. The molecule has 5 N–H and O–H groups in total. The second-order valence-corrected chi connectivity index (χ2v) is 8.89. The Labute approximate surface area is 204 Å². The van der Waals surface area contributed by atoms with Crippen molar-refractivity contribution < 1.29 is 10.2 Å². The van der Waals surface area contributed by atoms with Crippen LogP contribution in [0.15, 0.2) is 79.1 Å². The predicted octanol–water partition coefficient (Wildman–Crippen LogP) is 6.46. The van der Waals surface area contributed by atoms with Gasteiger partial charge < -0.3 is 21.3 Å². The van der Waals surface area contributed by atoms with Gasteiger partial charge in [-0.2, -0.15) is 4.98 Å². The molecular weight excluding hydrogens is 426 g/mol. The molecule has 34 heavy (non-hydrogen) atoms. The minimum absolute atomic E-state index is 0.105. The minimum atomic E-state index is -0.479. The zero-order valence-corrected chi connectivity index (χ0v) is 21.0. The molecule has 0 radical (unpaired) electrons. The molecule has 0 aliphatic rings. The molecule has 0 aromatic carbocycles. The predicted molar refractivity (Wildman–Crippen MR) is 142 cm³/mol. The number of rotatable bonds is 15. The summed E-state index contributed by atoms with van der Waals surface area (Å²) < 4.78 is 0. The van der Waals surface area contributed by atoms with Gasteiger partial charge in [-0.3, -0.25) is 0 Å². The van der Waals surface area contributed by atoms with Crippen molar-refractivity contribution in [1.82, 2.24) is 15.0 Å². The first-order chi connectivity index (χ1) is 16.1. The van der Waals surface area contributed by atoms with Crippen LogP contribution in [0.4, 0.5) is 11.9 Å². The number of nitrogens with zero attached hydrogens (tertiary/aromatic N) is 3. The third kappa shape index (κ3) is 12.0. The first kappa shape index (κ1) is 28.7. The number of anilines is 2. The van der Waals surface area contributed by atoms with E-state index >= 15 is 0 Å². The molecular formula is C27H41N5O2. The van der Waals surface area contributed by atoms with Crippen molar-refractivity contribution in [3.05, 3.63) is 79.1 Å². The molecule has 1 aromatic rings. The average Bonchev–Trinajstić information content (AvgIpc) is 2.76. The van der Waals surface area contributed by atoms with Crippen molar-refractivity contribution in [2.24, 2.45) is 17.3 Å². The summed E-state index contributed by atoms with van der Waals surface area (Å²) in [6, 6.07) is 0. The number of nitrogens with two attached hydrogens (primary N) is 1. The summed E-state index contributed by atoms with van der Waals surface area (Å²) in [4.78, 5) is 11.9. The van der Waals surface area contributed by atoms with Crippen LogP contribution in [0.1, 0.15) is 53.4 Å². The van der Waals surface area contributed by atoms with Gasteiger partial charge in [0.1, 0.15) is 6.33 Å². The van der Waals surface area contributed by atoms with Crippen LogP contribution in [0, 0.1) is 17.3 Å². The summed E-state index contributed by atoms with van der Waals surface area (Å²) in [5.41, 5.74) is 6.33. The molecule has 3 atom stereocenters.